The van der Waals surface area contributed by atoms with Gasteiger partial charge in [0.25, 0.3) is 5.91 Å². The molecular formula is C18H22N4O3. The lowest BCUT2D eigenvalue weighted by Gasteiger charge is -2.37. The number of aromatic nitrogens is 2. The molecule has 0 aliphatic carbocycles. The van der Waals surface area contributed by atoms with Crippen molar-refractivity contribution in [3.63, 3.8) is 0 Å². The maximum absolute atomic E-state index is 12.5. The third-order valence-corrected chi connectivity index (χ3v) is 5.01. The van der Waals surface area contributed by atoms with Crippen molar-refractivity contribution in [2.24, 2.45) is 5.92 Å². The number of carbonyl (C=O) groups excluding carboxylic acids is 1. The van der Waals surface area contributed by atoms with Crippen molar-refractivity contribution in [2.45, 2.75) is 19.4 Å². The lowest BCUT2D eigenvalue weighted by Crippen LogP contribution is -2.49. The summed E-state index contributed by atoms with van der Waals surface area (Å²) in [6, 6.07) is 5.71. The number of hydrogen-bond donors (Lipinski definition) is 0. The fourth-order valence-electron chi connectivity index (χ4n) is 3.57. The van der Waals surface area contributed by atoms with Gasteiger partial charge in [-0.25, -0.2) is 0 Å². The number of nitrogens with zero attached hydrogens (tertiary/aromatic N) is 4. The normalized spacial score (nSPS) is 23.9. The van der Waals surface area contributed by atoms with Crippen molar-refractivity contribution in [3.8, 4) is 0 Å². The first-order valence-corrected chi connectivity index (χ1v) is 8.69. The Bertz CT molecular complexity index is 716. The Labute approximate surface area is 146 Å². The average molecular weight is 342 g/mol. The van der Waals surface area contributed by atoms with Crippen LogP contribution in [0.15, 0.2) is 35.1 Å². The zero-order valence-corrected chi connectivity index (χ0v) is 14.3. The van der Waals surface area contributed by atoms with Crippen LogP contribution in [-0.4, -0.2) is 59.9 Å². The van der Waals surface area contributed by atoms with Crippen molar-refractivity contribution in [1.29, 1.82) is 0 Å². The number of ether oxygens (including phenoxy) is 1. The second-order valence-corrected chi connectivity index (χ2v) is 6.70. The SMILES string of the molecule is Cc1ccc(N2CCO[C@H]3CN(C(=O)c4ccoc4)CC[C@H]3C2)nn1. The van der Waals surface area contributed by atoms with Gasteiger partial charge in [0.2, 0.25) is 0 Å². The Morgan fingerprint density at radius 1 is 1.20 bits per heavy atom. The van der Waals surface area contributed by atoms with Gasteiger partial charge in [0.15, 0.2) is 5.82 Å². The number of furan rings is 1. The number of piperidine rings is 1. The molecule has 0 saturated carbocycles. The van der Waals surface area contributed by atoms with Crippen LogP contribution in [0.1, 0.15) is 22.5 Å². The molecule has 7 heteroatoms. The van der Waals surface area contributed by atoms with Crippen LogP contribution in [0, 0.1) is 12.8 Å². The standard InChI is InChI=1S/C18H22N4O3/c1-13-2-3-17(20-19-13)21-7-9-25-16-11-22(6-4-14(16)10-21)18(23)15-5-8-24-12-15/h2-3,5,8,12,14,16H,4,6-7,9-11H2,1H3/t14-,16-/m0/s1. The second-order valence-electron chi connectivity index (χ2n) is 6.70. The first-order valence-electron chi connectivity index (χ1n) is 8.69. The van der Waals surface area contributed by atoms with Crippen molar-refractivity contribution >= 4 is 11.7 Å². The van der Waals surface area contributed by atoms with Crippen molar-refractivity contribution in [3.05, 3.63) is 42.0 Å². The number of anilines is 1. The molecular weight excluding hydrogens is 320 g/mol. The molecule has 0 aromatic carbocycles. The van der Waals surface area contributed by atoms with Crippen LogP contribution >= 0.6 is 0 Å². The highest BCUT2D eigenvalue weighted by Crippen LogP contribution is 2.27. The van der Waals surface area contributed by atoms with E-state index in [-0.39, 0.29) is 12.0 Å². The quantitative estimate of drug-likeness (QED) is 0.828. The first-order chi connectivity index (χ1) is 12.2. The van der Waals surface area contributed by atoms with Gasteiger partial charge in [-0.1, -0.05) is 0 Å². The fraction of sp³-hybridized carbons (Fsp3) is 0.500. The molecule has 0 N–H and O–H groups in total. The topological polar surface area (TPSA) is 71.7 Å². The minimum absolute atomic E-state index is 0.0151. The number of carbonyl (C=O) groups is 1. The molecule has 2 aliphatic heterocycles. The summed E-state index contributed by atoms with van der Waals surface area (Å²) >= 11 is 0. The van der Waals surface area contributed by atoms with Gasteiger partial charge in [0.05, 0.1) is 30.2 Å². The van der Waals surface area contributed by atoms with E-state index in [1.807, 2.05) is 24.0 Å². The Morgan fingerprint density at radius 2 is 2.12 bits per heavy atom. The smallest absolute Gasteiger partial charge is 0.257 e. The molecule has 2 aromatic rings. The van der Waals surface area contributed by atoms with E-state index in [4.69, 9.17) is 9.15 Å². The van der Waals surface area contributed by atoms with Gasteiger partial charge < -0.3 is 19.0 Å². The number of amides is 1. The van der Waals surface area contributed by atoms with Gasteiger partial charge in [0, 0.05) is 32.1 Å². The van der Waals surface area contributed by atoms with Crippen LogP contribution in [0.2, 0.25) is 0 Å². The molecule has 25 heavy (non-hydrogen) atoms. The Kier molecular flexibility index (Phi) is 4.40. The van der Waals surface area contributed by atoms with Crippen LogP contribution in [0.25, 0.3) is 0 Å². The van der Waals surface area contributed by atoms with E-state index in [0.29, 0.717) is 24.6 Å². The minimum Gasteiger partial charge on any atom is -0.472 e. The van der Waals surface area contributed by atoms with Gasteiger partial charge >= 0.3 is 0 Å². The molecule has 7 nitrogen and oxygen atoms in total. The Morgan fingerprint density at radius 3 is 2.88 bits per heavy atom. The number of fused-ring (bicyclic) bond motifs is 1. The van der Waals surface area contributed by atoms with Crippen molar-refractivity contribution < 1.29 is 13.9 Å². The predicted molar refractivity (Wildman–Crippen MR) is 91.4 cm³/mol. The summed E-state index contributed by atoms with van der Waals surface area (Å²) in [6.45, 7) is 5.61. The molecule has 0 unspecified atom stereocenters. The third-order valence-electron chi connectivity index (χ3n) is 5.01. The van der Waals surface area contributed by atoms with Gasteiger partial charge in [0.1, 0.15) is 6.26 Å². The summed E-state index contributed by atoms with van der Waals surface area (Å²) < 4.78 is 11.1. The molecule has 2 atom stereocenters. The minimum atomic E-state index is 0.0151. The summed E-state index contributed by atoms with van der Waals surface area (Å²) in [5, 5.41) is 8.46. The van der Waals surface area contributed by atoms with Gasteiger partial charge in [-0.15, -0.1) is 5.10 Å². The summed E-state index contributed by atoms with van der Waals surface area (Å²) in [6.07, 6.45) is 4.01. The number of rotatable bonds is 2. The van der Waals surface area contributed by atoms with Crippen LogP contribution in [0.4, 0.5) is 5.82 Å². The average Bonchev–Trinajstić information content (AvgIpc) is 3.08. The lowest BCUT2D eigenvalue weighted by atomic mass is 9.93. The molecule has 0 bridgehead atoms. The summed E-state index contributed by atoms with van der Waals surface area (Å²) in [5.74, 6) is 1.30. The van der Waals surface area contributed by atoms with E-state index < -0.39 is 0 Å². The van der Waals surface area contributed by atoms with Crippen LogP contribution in [0.5, 0.6) is 0 Å². The first kappa shape index (κ1) is 16.1. The van der Waals surface area contributed by atoms with Crippen LogP contribution in [-0.2, 0) is 4.74 Å². The molecule has 4 heterocycles. The van der Waals surface area contributed by atoms with E-state index in [1.165, 1.54) is 12.5 Å². The molecule has 2 aliphatic rings. The molecule has 2 fully saturated rings. The fourth-order valence-corrected chi connectivity index (χ4v) is 3.57. The summed E-state index contributed by atoms with van der Waals surface area (Å²) in [5.41, 5.74) is 1.52. The third kappa shape index (κ3) is 3.37. The second kappa shape index (κ2) is 6.84. The monoisotopic (exact) mass is 342 g/mol. The maximum atomic E-state index is 12.5. The number of hydrogen-bond acceptors (Lipinski definition) is 6. The highest BCUT2D eigenvalue weighted by molar-refractivity contribution is 5.93. The van der Waals surface area contributed by atoms with E-state index >= 15 is 0 Å². The van der Waals surface area contributed by atoms with Gasteiger partial charge in [-0.3, -0.25) is 4.79 Å². The van der Waals surface area contributed by atoms with Gasteiger partial charge in [-0.2, -0.15) is 5.10 Å². The van der Waals surface area contributed by atoms with Crippen LogP contribution in [0.3, 0.4) is 0 Å². The highest BCUT2D eigenvalue weighted by Gasteiger charge is 2.35. The zero-order chi connectivity index (χ0) is 17.2. The lowest BCUT2D eigenvalue weighted by molar-refractivity contribution is -0.0169. The van der Waals surface area contributed by atoms with E-state index in [2.05, 4.69) is 15.1 Å². The van der Waals surface area contributed by atoms with Crippen molar-refractivity contribution in [2.75, 3.05) is 37.7 Å². The zero-order valence-electron chi connectivity index (χ0n) is 14.3. The van der Waals surface area contributed by atoms with E-state index in [1.54, 1.807) is 6.07 Å². The molecule has 0 spiro atoms. The predicted octanol–water partition coefficient (Wildman–Crippen LogP) is 1.75. The molecule has 1 amide bonds. The van der Waals surface area contributed by atoms with E-state index in [9.17, 15) is 4.79 Å². The molecule has 4 rings (SSSR count). The molecule has 0 radical (unpaired) electrons. The Hall–Kier alpha value is -2.41. The Balaban J connectivity index is 1.43. The van der Waals surface area contributed by atoms with Crippen LogP contribution < -0.4 is 4.90 Å². The van der Waals surface area contributed by atoms with E-state index in [0.717, 1.165) is 37.6 Å². The largest absolute Gasteiger partial charge is 0.472 e. The number of likely N-dealkylation sites (tertiary alicyclic amines) is 1. The highest BCUT2D eigenvalue weighted by atomic mass is 16.5. The molecule has 2 aromatic heterocycles. The summed E-state index contributed by atoms with van der Waals surface area (Å²) in [7, 11) is 0. The number of aryl methyl sites for hydroxylation is 1. The summed E-state index contributed by atoms with van der Waals surface area (Å²) in [4.78, 5) is 16.6. The molecule has 2 saturated heterocycles. The van der Waals surface area contributed by atoms with Crippen molar-refractivity contribution in [1.82, 2.24) is 15.1 Å². The van der Waals surface area contributed by atoms with Gasteiger partial charge in [-0.05, 0) is 31.5 Å². The maximum Gasteiger partial charge on any atom is 0.257 e. The molecule has 132 valence electrons.